The number of carbonyl (C=O) groups is 1. The molecule has 0 spiro atoms. The van der Waals surface area contributed by atoms with E-state index in [1.807, 2.05) is 26.0 Å². The van der Waals surface area contributed by atoms with E-state index in [-0.39, 0.29) is 12.0 Å². The number of hydrogen-bond acceptors (Lipinski definition) is 9. The summed E-state index contributed by atoms with van der Waals surface area (Å²) < 4.78 is 30.8. The lowest BCUT2D eigenvalue weighted by atomic mass is 9.87. The van der Waals surface area contributed by atoms with Gasteiger partial charge in [0.05, 0.1) is 38.6 Å². The molecule has 0 saturated carbocycles. The van der Waals surface area contributed by atoms with Crippen LogP contribution in [0.4, 0.5) is 0 Å². The Balaban J connectivity index is 1.73. The normalized spacial score (nSPS) is 17.3. The number of methoxy groups -OCH3 is 3. The zero-order chi connectivity index (χ0) is 26.3. The summed E-state index contributed by atoms with van der Waals surface area (Å²) in [6, 6.07) is 14.5. The fourth-order valence-corrected chi connectivity index (χ4v) is 5.12. The molecule has 1 atom stereocenters. The Hall–Kier alpha value is -3.95. The van der Waals surface area contributed by atoms with Gasteiger partial charge < -0.3 is 24.1 Å². The number of hydrogen-bond donors (Lipinski definition) is 1. The topological polar surface area (TPSA) is 100 Å². The van der Waals surface area contributed by atoms with Crippen molar-refractivity contribution in [2.75, 3.05) is 21.3 Å². The second kappa shape index (κ2) is 9.49. The van der Waals surface area contributed by atoms with Gasteiger partial charge in [-0.15, -0.1) is 0 Å². The highest BCUT2D eigenvalue weighted by Gasteiger charge is 2.48. The van der Waals surface area contributed by atoms with Crippen LogP contribution < -0.4 is 14.2 Å². The molecule has 190 valence electrons. The molecule has 1 N–H and O–H groups in total. The van der Waals surface area contributed by atoms with Crippen LogP contribution in [-0.2, 0) is 21.7 Å². The van der Waals surface area contributed by atoms with Crippen molar-refractivity contribution in [3.63, 3.8) is 0 Å². The van der Waals surface area contributed by atoms with Gasteiger partial charge in [-0.2, -0.15) is 8.75 Å². The first-order valence-electron chi connectivity index (χ1n) is 11.6. The quantitative estimate of drug-likeness (QED) is 0.351. The van der Waals surface area contributed by atoms with Gasteiger partial charge in [0.15, 0.2) is 11.5 Å². The molecule has 2 heterocycles. The smallest absolute Gasteiger partial charge is 0.342 e. The lowest BCUT2D eigenvalue weighted by molar-refractivity contribution is -0.185. The van der Waals surface area contributed by atoms with Crippen LogP contribution in [0.15, 0.2) is 54.1 Å². The van der Waals surface area contributed by atoms with Gasteiger partial charge in [-0.25, -0.2) is 4.79 Å². The third-order valence-electron chi connectivity index (χ3n) is 6.70. The first-order valence-corrected chi connectivity index (χ1v) is 12.3. The summed E-state index contributed by atoms with van der Waals surface area (Å²) in [6.07, 6.45) is 0.175. The van der Waals surface area contributed by atoms with Crippen LogP contribution in [0, 0.1) is 13.8 Å². The van der Waals surface area contributed by atoms with E-state index in [4.69, 9.17) is 18.9 Å². The summed E-state index contributed by atoms with van der Waals surface area (Å²) >= 11 is 1.10. The number of cyclic esters (lactones) is 1. The Morgan fingerprint density at radius 2 is 1.59 bits per heavy atom. The second-order valence-electron chi connectivity index (χ2n) is 8.86. The zero-order valence-corrected chi connectivity index (χ0v) is 21.9. The van der Waals surface area contributed by atoms with Gasteiger partial charge in [0.1, 0.15) is 11.0 Å². The molecule has 1 aromatic heterocycles. The van der Waals surface area contributed by atoms with E-state index in [1.54, 1.807) is 36.4 Å². The molecule has 1 unspecified atom stereocenters. The van der Waals surface area contributed by atoms with Gasteiger partial charge in [0.2, 0.25) is 5.75 Å². The van der Waals surface area contributed by atoms with Crippen molar-refractivity contribution in [1.82, 2.24) is 8.75 Å². The molecule has 4 aromatic rings. The van der Waals surface area contributed by atoms with Crippen LogP contribution in [0.25, 0.3) is 16.6 Å². The van der Waals surface area contributed by atoms with E-state index >= 15 is 0 Å². The third kappa shape index (κ3) is 4.20. The number of carbonyl (C=O) groups excluding carboxylic acids is 1. The van der Waals surface area contributed by atoms with Gasteiger partial charge in [0, 0.05) is 17.6 Å². The van der Waals surface area contributed by atoms with Crippen molar-refractivity contribution in [1.29, 1.82) is 0 Å². The monoisotopic (exact) mass is 518 g/mol. The molecule has 0 bridgehead atoms. The number of esters is 1. The molecule has 0 radical (unpaired) electrons. The number of benzene rings is 3. The van der Waals surface area contributed by atoms with E-state index < -0.39 is 11.8 Å². The Bertz CT molecular complexity index is 1530. The van der Waals surface area contributed by atoms with Crippen LogP contribution in [-0.4, -0.2) is 41.2 Å². The third-order valence-corrected chi connectivity index (χ3v) is 7.26. The minimum Gasteiger partial charge on any atom is -0.493 e. The summed E-state index contributed by atoms with van der Waals surface area (Å²) in [5.41, 5.74) is 5.91. The molecule has 0 saturated heterocycles. The highest BCUT2D eigenvalue weighted by atomic mass is 32.1. The minimum absolute atomic E-state index is 0.175. The molecule has 5 rings (SSSR count). The van der Waals surface area contributed by atoms with E-state index in [0.717, 1.165) is 33.9 Å². The molecular formula is C28H26N2O6S. The van der Waals surface area contributed by atoms with Crippen molar-refractivity contribution in [2.24, 2.45) is 0 Å². The standard InChI is InChI=1S/C28H26N2O6S/c1-15-6-8-19(10-16(15)2)28(32)20(11-17-12-23(33-3)26(35-5)24(13-17)34-4)25(27(31)36-28)18-7-9-21-22(14-18)30-37-29-21/h6-10,12-14,32H,11H2,1-5H3. The van der Waals surface area contributed by atoms with Gasteiger partial charge in [-0.05, 0) is 66.4 Å². The highest BCUT2D eigenvalue weighted by Crippen LogP contribution is 2.47. The SMILES string of the molecule is COc1cc(CC2=C(c3ccc4nsnc4c3)C(=O)OC2(O)c2ccc(C)c(C)c2)cc(OC)c1OC. The Morgan fingerprint density at radius 3 is 2.24 bits per heavy atom. The van der Waals surface area contributed by atoms with Crippen LogP contribution in [0.2, 0.25) is 0 Å². The maximum atomic E-state index is 13.4. The fraction of sp³-hybridized carbons (Fsp3) is 0.250. The summed E-state index contributed by atoms with van der Waals surface area (Å²) in [7, 11) is 4.61. The first kappa shape index (κ1) is 24.7. The molecular weight excluding hydrogens is 492 g/mol. The second-order valence-corrected chi connectivity index (χ2v) is 9.39. The number of aromatic nitrogens is 2. The number of aryl methyl sites for hydroxylation is 2. The van der Waals surface area contributed by atoms with Gasteiger partial charge in [-0.1, -0.05) is 18.2 Å². The molecule has 0 amide bonds. The average Bonchev–Trinajstić information content (AvgIpc) is 3.46. The minimum atomic E-state index is -1.97. The van der Waals surface area contributed by atoms with E-state index in [1.165, 1.54) is 21.3 Å². The fourth-order valence-electron chi connectivity index (χ4n) is 4.60. The van der Waals surface area contributed by atoms with Crippen molar-refractivity contribution in [2.45, 2.75) is 26.1 Å². The van der Waals surface area contributed by atoms with Crippen molar-refractivity contribution >= 4 is 34.3 Å². The maximum Gasteiger partial charge on any atom is 0.342 e. The molecule has 0 fully saturated rings. The number of aliphatic hydroxyl groups is 1. The van der Waals surface area contributed by atoms with Crippen molar-refractivity contribution < 1.29 is 28.8 Å². The molecule has 37 heavy (non-hydrogen) atoms. The highest BCUT2D eigenvalue weighted by molar-refractivity contribution is 7.00. The Labute approximate surface area is 218 Å². The largest absolute Gasteiger partial charge is 0.493 e. The number of rotatable bonds is 7. The summed E-state index contributed by atoms with van der Waals surface area (Å²) in [5, 5.41) is 12.0. The van der Waals surface area contributed by atoms with Gasteiger partial charge in [-0.3, -0.25) is 0 Å². The average molecular weight is 519 g/mol. The predicted molar refractivity (Wildman–Crippen MR) is 140 cm³/mol. The molecule has 0 aliphatic carbocycles. The van der Waals surface area contributed by atoms with Crippen LogP contribution in [0.3, 0.4) is 0 Å². The summed E-state index contributed by atoms with van der Waals surface area (Å²) in [4.78, 5) is 13.4. The molecule has 3 aromatic carbocycles. The van der Waals surface area contributed by atoms with E-state index in [9.17, 15) is 9.90 Å². The van der Waals surface area contributed by atoms with Crippen LogP contribution in [0.1, 0.15) is 27.8 Å². The zero-order valence-electron chi connectivity index (χ0n) is 21.1. The molecule has 1 aliphatic heterocycles. The Morgan fingerprint density at radius 1 is 0.892 bits per heavy atom. The number of ether oxygens (including phenoxy) is 4. The van der Waals surface area contributed by atoms with E-state index in [0.29, 0.717) is 39.5 Å². The lowest BCUT2D eigenvalue weighted by Gasteiger charge is -2.26. The van der Waals surface area contributed by atoms with E-state index in [2.05, 4.69) is 8.75 Å². The molecule has 1 aliphatic rings. The Kier molecular flexibility index (Phi) is 6.35. The van der Waals surface area contributed by atoms with Gasteiger partial charge in [0.25, 0.3) is 5.79 Å². The number of nitrogens with zero attached hydrogens (tertiary/aromatic N) is 2. The van der Waals surface area contributed by atoms with Crippen molar-refractivity contribution in [3.05, 3.63) is 81.9 Å². The predicted octanol–water partition coefficient (Wildman–Crippen LogP) is 4.73. The van der Waals surface area contributed by atoms with Crippen LogP contribution >= 0.6 is 11.7 Å². The van der Waals surface area contributed by atoms with Crippen LogP contribution in [0.5, 0.6) is 17.2 Å². The summed E-state index contributed by atoms with van der Waals surface area (Å²) in [6.45, 7) is 3.94. The first-order chi connectivity index (χ1) is 17.8. The van der Waals surface area contributed by atoms with Gasteiger partial charge >= 0.3 is 5.97 Å². The molecule has 9 heteroatoms. The maximum absolute atomic E-state index is 13.4. The van der Waals surface area contributed by atoms with Crippen molar-refractivity contribution in [3.8, 4) is 17.2 Å². The number of fused-ring (bicyclic) bond motifs is 1. The lowest BCUT2D eigenvalue weighted by Crippen LogP contribution is -2.30. The molecule has 8 nitrogen and oxygen atoms in total. The summed E-state index contributed by atoms with van der Waals surface area (Å²) in [5.74, 6) is -1.21.